The summed E-state index contributed by atoms with van der Waals surface area (Å²) >= 11 is 0. The van der Waals surface area contributed by atoms with Gasteiger partial charge in [-0.05, 0) is 18.1 Å². The molecule has 0 spiro atoms. The van der Waals surface area contributed by atoms with E-state index in [2.05, 4.69) is 30.4 Å². The molecule has 0 radical (unpaired) electrons. The SMILES string of the molecule is Cc1cccc2c1NCC2CC=O. The summed E-state index contributed by atoms with van der Waals surface area (Å²) in [6.45, 7) is 2.99. The average molecular weight is 175 g/mol. The molecule has 2 rings (SSSR count). The van der Waals surface area contributed by atoms with E-state index in [1.807, 2.05) is 0 Å². The van der Waals surface area contributed by atoms with E-state index in [9.17, 15) is 4.79 Å². The van der Waals surface area contributed by atoms with Crippen LogP contribution in [0.2, 0.25) is 0 Å². The molecule has 0 aliphatic carbocycles. The smallest absolute Gasteiger partial charge is 0.120 e. The molecule has 68 valence electrons. The van der Waals surface area contributed by atoms with Gasteiger partial charge in [-0.25, -0.2) is 0 Å². The van der Waals surface area contributed by atoms with Gasteiger partial charge in [0.15, 0.2) is 0 Å². The van der Waals surface area contributed by atoms with Crippen LogP contribution in [-0.4, -0.2) is 12.8 Å². The zero-order valence-corrected chi connectivity index (χ0v) is 7.71. The van der Waals surface area contributed by atoms with Gasteiger partial charge in [0.1, 0.15) is 6.29 Å². The highest BCUT2D eigenvalue weighted by atomic mass is 16.1. The van der Waals surface area contributed by atoms with E-state index in [0.29, 0.717) is 12.3 Å². The number of hydrogen-bond acceptors (Lipinski definition) is 2. The van der Waals surface area contributed by atoms with Crippen molar-refractivity contribution in [2.24, 2.45) is 0 Å². The molecular formula is C11H13NO. The van der Waals surface area contributed by atoms with Gasteiger partial charge in [0.25, 0.3) is 0 Å². The van der Waals surface area contributed by atoms with Crippen molar-refractivity contribution in [1.29, 1.82) is 0 Å². The molecule has 0 fully saturated rings. The van der Waals surface area contributed by atoms with Crippen molar-refractivity contribution in [3.8, 4) is 0 Å². The van der Waals surface area contributed by atoms with E-state index >= 15 is 0 Å². The van der Waals surface area contributed by atoms with E-state index in [-0.39, 0.29) is 0 Å². The number of benzene rings is 1. The van der Waals surface area contributed by atoms with Crippen LogP contribution in [0.3, 0.4) is 0 Å². The summed E-state index contributed by atoms with van der Waals surface area (Å²) in [6.07, 6.45) is 1.63. The number of aldehydes is 1. The predicted molar refractivity (Wildman–Crippen MR) is 53.1 cm³/mol. The van der Waals surface area contributed by atoms with Crippen molar-refractivity contribution in [3.63, 3.8) is 0 Å². The summed E-state index contributed by atoms with van der Waals surface area (Å²) in [6, 6.07) is 6.25. The zero-order valence-electron chi connectivity index (χ0n) is 7.71. The number of carbonyl (C=O) groups is 1. The Hall–Kier alpha value is -1.31. The molecular weight excluding hydrogens is 162 g/mol. The minimum absolute atomic E-state index is 0.382. The Labute approximate surface area is 78.0 Å². The molecule has 1 aliphatic rings. The largest absolute Gasteiger partial charge is 0.384 e. The van der Waals surface area contributed by atoms with Gasteiger partial charge in [-0.2, -0.15) is 0 Å². The highest BCUT2D eigenvalue weighted by Crippen LogP contribution is 2.34. The first-order valence-electron chi connectivity index (χ1n) is 4.60. The second kappa shape index (κ2) is 3.21. The number of rotatable bonds is 2. The van der Waals surface area contributed by atoms with Crippen LogP contribution in [0.15, 0.2) is 18.2 Å². The number of hydrogen-bond donors (Lipinski definition) is 1. The number of para-hydroxylation sites is 1. The maximum absolute atomic E-state index is 10.4. The first-order chi connectivity index (χ1) is 6.33. The van der Waals surface area contributed by atoms with Crippen molar-refractivity contribution >= 4 is 12.0 Å². The highest BCUT2D eigenvalue weighted by molar-refractivity contribution is 5.65. The zero-order chi connectivity index (χ0) is 9.26. The molecule has 1 aliphatic heterocycles. The minimum Gasteiger partial charge on any atom is -0.384 e. The summed E-state index contributed by atoms with van der Waals surface area (Å²) in [4.78, 5) is 10.4. The van der Waals surface area contributed by atoms with Crippen LogP contribution in [0.4, 0.5) is 5.69 Å². The van der Waals surface area contributed by atoms with Crippen molar-refractivity contribution in [2.45, 2.75) is 19.3 Å². The molecule has 0 amide bonds. The summed E-state index contributed by atoms with van der Waals surface area (Å²) in [7, 11) is 0. The molecule has 0 saturated heterocycles. The van der Waals surface area contributed by atoms with E-state index in [4.69, 9.17) is 0 Å². The molecule has 0 saturated carbocycles. The maximum atomic E-state index is 10.4. The Balaban J connectivity index is 2.37. The average Bonchev–Trinajstić information content (AvgIpc) is 2.51. The van der Waals surface area contributed by atoms with E-state index in [0.717, 1.165) is 12.8 Å². The van der Waals surface area contributed by atoms with Gasteiger partial charge in [0, 0.05) is 24.6 Å². The lowest BCUT2D eigenvalue weighted by Crippen LogP contribution is -2.01. The molecule has 0 bridgehead atoms. The monoisotopic (exact) mass is 175 g/mol. The Morgan fingerprint density at radius 2 is 2.46 bits per heavy atom. The van der Waals surface area contributed by atoms with Crippen molar-refractivity contribution in [3.05, 3.63) is 29.3 Å². The van der Waals surface area contributed by atoms with Crippen LogP contribution in [0.5, 0.6) is 0 Å². The van der Waals surface area contributed by atoms with Gasteiger partial charge in [0.05, 0.1) is 0 Å². The third-order valence-corrected chi connectivity index (χ3v) is 2.65. The maximum Gasteiger partial charge on any atom is 0.120 e. The molecule has 1 N–H and O–H groups in total. The van der Waals surface area contributed by atoms with Crippen molar-refractivity contribution in [1.82, 2.24) is 0 Å². The number of aryl methyl sites for hydroxylation is 1. The first-order valence-corrected chi connectivity index (χ1v) is 4.60. The lowest BCUT2D eigenvalue weighted by molar-refractivity contribution is -0.108. The molecule has 2 nitrogen and oxygen atoms in total. The lowest BCUT2D eigenvalue weighted by Gasteiger charge is -2.05. The number of nitrogens with one attached hydrogen (secondary N) is 1. The van der Waals surface area contributed by atoms with Crippen LogP contribution >= 0.6 is 0 Å². The normalized spacial score (nSPS) is 19.3. The Morgan fingerprint density at radius 1 is 1.62 bits per heavy atom. The number of anilines is 1. The second-order valence-electron chi connectivity index (χ2n) is 3.52. The van der Waals surface area contributed by atoms with Gasteiger partial charge < -0.3 is 10.1 Å². The molecule has 1 heterocycles. The second-order valence-corrected chi connectivity index (χ2v) is 3.52. The summed E-state index contributed by atoms with van der Waals surface area (Å²) in [5, 5.41) is 3.34. The van der Waals surface area contributed by atoms with Crippen LogP contribution in [0.25, 0.3) is 0 Å². The van der Waals surface area contributed by atoms with Gasteiger partial charge in [0.2, 0.25) is 0 Å². The van der Waals surface area contributed by atoms with Crippen molar-refractivity contribution in [2.75, 3.05) is 11.9 Å². The molecule has 1 atom stereocenters. The molecule has 1 aromatic rings. The Morgan fingerprint density at radius 3 is 3.23 bits per heavy atom. The first kappa shape index (κ1) is 8.30. The molecule has 1 aromatic carbocycles. The summed E-state index contributed by atoms with van der Waals surface area (Å²) < 4.78 is 0. The third-order valence-electron chi connectivity index (χ3n) is 2.65. The van der Waals surface area contributed by atoms with Crippen molar-refractivity contribution < 1.29 is 4.79 Å². The predicted octanol–water partition coefficient (Wildman–Crippen LogP) is 2.09. The van der Waals surface area contributed by atoms with E-state index in [1.165, 1.54) is 16.8 Å². The lowest BCUT2D eigenvalue weighted by atomic mass is 9.97. The Kier molecular flexibility index (Phi) is 2.05. The van der Waals surface area contributed by atoms with E-state index < -0.39 is 0 Å². The fraction of sp³-hybridized carbons (Fsp3) is 0.364. The fourth-order valence-corrected chi connectivity index (χ4v) is 1.93. The molecule has 0 aromatic heterocycles. The fourth-order valence-electron chi connectivity index (χ4n) is 1.93. The Bertz CT molecular complexity index is 333. The standard InChI is InChI=1S/C11H13NO/c1-8-3-2-4-10-9(5-6-13)7-12-11(8)10/h2-4,6,9,12H,5,7H2,1H3. The number of fused-ring (bicyclic) bond motifs is 1. The van der Waals surface area contributed by atoms with Gasteiger partial charge in [-0.15, -0.1) is 0 Å². The highest BCUT2D eigenvalue weighted by Gasteiger charge is 2.22. The van der Waals surface area contributed by atoms with Gasteiger partial charge in [-0.3, -0.25) is 0 Å². The van der Waals surface area contributed by atoms with Crippen LogP contribution in [-0.2, 0) is 4.79 Å². The summed E-state index contributed by atoms with van der Waals surface area (Å²) in [5.41, 5.74) is 3.80. The van der Waals surface area contributed by atoms with E-state index in [1.54, 1.807) is 0 Å². The van der Waals surface area contributed by atoms with Gasteiger partial charge in [-0.1, -0.05) is 18.2 Å². The minimum atomic E-state index is 0.382. The molecule has 2 heteroatoms. The van der Waals surface area contributed by atoms with Crippen LogP contribution in [0.1, 0.15) is 23.5 Å². The molecule has 1 unspecified atom stereocenters. The third kappa shape index (κ3) is 1.32. The summed E-state index contributed by atoms with van der Waals surface area (Å²) in [5.74, 6) is 0.382. The number of carbonyl (C=O) groups excluding carboxylic acids is 1. The van der Waals surface area contributed by atoms with Gasteiger partial charge >= 0.3 is 0 Å². The van der Waals surface area contributed by atoms with Crippen LogP contribution < -0.4 is 5.32 Å². The molecule has 13 heavy (non-hydrogen) atoms. The van der Waals surface area contributed by atoms with Crippen LogP contribution in [0, 0.1) is 6.92 Å². The topological polar surface area (TPSA) is 29.1 Å². The quantitative estimate of drug-likeness (QED) is 0.697.